The van der Waals surface area contributed by atoms with Gasteiger partial charge in [-0.25, -0.2) is 9.50 Å². The molecule has 0 aromatic carbocycles. The van der Waals surface area contributed by atoms with Crippen LogP contribution >= 0.6 is 15.9 Å². The van der Waals surface area contributed by atoms with E-state index >= 15 is 0 Å². The van der Waals surface area contributed by atoms with Crippen molar-refractivity contribution in [3.8, 4) is 0 Å². The van der Waals surface area contributed by atoms with Crippen molar-refractivity contribution in [2.75, 3.05) is 6.54 Å². The van der Waals surface area contributed by atoms with Crippen LogP contribution in [0.2, 0.25) is 0 Å². The van der Waals surface area contributed by atoms with Gasteiger partial charge in [-0.15, -0.1) is 0 Å². The van der Waals surface area contributed by atoms with E-state index in [-0.39, 0.29) is 0 Å². The number of nitrogens with zero attached hydrogens (tertiary/aromatic N) is 3. The standard InChI is InChI=1S/C10H13BrN4/c1-7-5-8(11)6-15-10(7)13-9(14-15)3-2-4-12/h5-6H,2-4,12H2,1H3. The van der Waals surface area contributed by atoms with E-state index in [0.717, 1.165) is 34.3 Å². The Labute approximate surface area is 96.6 Å². The molecular weight excluding hydrogens is 256 g/mol. The first-order chi connectivity index (χ1) is 7.20. The summed E-state index contributed by atoms with van der Waals surface area (Å²) in [6.45, 7) is 2.71. The molecule has 0 saturated heterocycles. The number of nitrogens with two attached hydrogens (primary N) is 1. The highest BCUT2D eigenvalue weighted by molar-refractivity contribution is 9.10. The summed E-state index contributed by atoms with van der Waals surface area (Å²) in [6.07, 6.45) is 3.69. The smallest absolute Gasteiger partial charge is 0.158 e. The van der Waals surface area contributed by atoms with Crippen molar-refractivity contribution >= 4 is 21.6 Å². The van der Waals surface area contributed by atoms with Crippen LogP contribution in [0.1, 0.15) is 17.8 Å². The Morgan fingerprint density at radius 1 is 1.53 bits per heavy atom. The molecule has 0 aliphatic heterocycles. The minimum absolute atomic E-state index is 0.679. The molecule has 0 saturated carbocycles. The van der Waals surface area contributed by atoms with Crippen molar-refractivity contribution in [2.24, 2.45) is 5.73 Å². The first kappa shape index (κ1) is 10.6. The van der Waals surface area contributed by atoms with Gasteiger partial charge in [0.15, 0.2) is 11.5 Å². The minimum atomic E-state index is 0.679. The van der Waals surface area contributed by atoms with Crippen LogP contribution in [0.25, 0.3) is 5.65 Å². The zero-order valence-corrected chi connectivity index (χ0v) is 10.2. The van der Waals surface area contributed by atoms with Gasteiger partial charge in [0.1, 0.15) is 0 Å². The van der Waals surface area contributed by atoms with Gasteiger partial charge in [0, 0.05) is 17.1 Å². The van der Waals surface area contributed by atoms with Gasteiger partial charge in [-0.2, -0.15) is 5.10 Å². The fourth-order valence-corrected chi connectivity index (χ4v) is 2.06. The van der Waals surface area contributed by atoms with Crippen LogP contribution in [0.5, 0.6) is 0 Å². The van der Waals surface area contributed by atoms with Crippen LogP contribution in [-0.2, 0) is 6.42 Å². The van der Waals surface area contributed by atoms with E-state index in [2.05, 4.69) is 26.0 Å². The summed E-state index contributed by atoms with van der Waals surface area (Å²) >= 11 is 3.44. The third-order valence-corrected chi connectivity index (χ3v) is 2.67. The molecule has 0 radical (unpaired) electrons. The van der Waals surface area contributed by atoms with Gasteiger partial charge in [0.05, 0.1) is 0 Å². The molecule has 0 aliphatic rings. The van der Waals surface area contributed by atoms with Crippen LogP contribution in [0.3, 0.4) is 0 Å². The zero-order chi connectivity index (χ0) is 10.8. The molecule has 0 aliphatic carbocycles. The summed E-state index contributed by atoms with van der Waals surface area (Å²) in [5.41, 5.74) is 7.50. The van der Waals surface area contributed by atoms with Crippen molar-refractivity contribution in [1.82, 2.24) is 14.6 Å². The van der Waals surface area contributed by atoms with E-state index in [0.29, 0.717) is 6.54 Å². The average Bonchev–Trinajstić information content (AvgIpc) is 2.57. The Morgan fingerprint density at radius 3 is 3.07 bits per heavy atom. The van der Waals surface area contributed by atoms with Gasteiger partial charge < -0.3 is 5.73 Å². The van der Waals surface area contributed by atoms with Gasteiger partial charge in [-0.1, -0.05) is 0 Å². The van der Waals surface area contributed by atoms with Gasteiger partial charge in [-0.05, 0) is 47.4 Å². The van der Waals surface area contributed by atoms with Crippen molar-refractivity contribution in [3.63, 3.8) is 0 Å². The Morgan fingerprint density at radius 2 is 2.33 bits per heavy atom. The Kier molecular flexibility index (Phi) is 3.02. The molecular formula is C10H13BrN4. The fraction of sp³-hybridized carbons (Fsp3) is 0.400. The van der Waals surface area contributed by atoms with E-state index in [1.54, 1.807) is 0 Å². The molecule has 4 nitrogen and oxygen atoms in total. The lowest BCUT2D eigenvalue weighted by molar-refractivity contribution is 0.773. The third kappa shape index (κ3) is 2.18. The molecule has 5 heteroatoms. The highest BCUT2D eigenvalue weighted by Crippen LogP contribution is 2.15. The summed E-state index contributed by atoms with van der Waals surface area (Å²) in [7, 11) is 0. The highest BCUT2D eigenvalue weighted by atomic mass is 79.9. The van der Waals surface area contributed by atoms with Crippen molar-refractivity contribution in [2.45, 2.75) is 19.8 Å². The maximum absolute atomic E-state index is 5.45. The summed E-state index contributed by atoms with van der Waals surface area (Å²) in [5.74, 6) is 0.863. The predicted molar refractivity (Wildman–Crippen MR) is 62.8 cm³/mol. The van der Waals surface area contributed by atoms with Crippen LogP contribution in [0, 0.1) is 6.92 Å². The SMILES string of the molecule is Cc1cc(Br)cn2nc(CCCN)nc12. The van der Waals surface area contributed by atoms with E-state index < -0.39 is 0 Å². The van der Waals surface area contributed by atoms with Crippen molar-refractivity contribution < 1.29 is 0 Å². The fourth-order valence-electron chi connectivity index (χ4n) is 1.52. The lowest BCUT2D eigenvalue weighted by atomic mass is 10.3. The number of halogens is 1. The Balaban J connectivity index is 2.41. The maximum atomic E-state index is 5.45. The molecule has 2 rings (SSSR count). The number of hydrogen-bond donors (Lipinski definition) is 1. The molecule has 2 aromatic rings. The van der Waals surface area contributed by atoms with E-state index in [4.69, 9.17) is 5.73 Å². The molecule has 2 aromatic heterocycles. The first-order valence-corrected chi connectivity index (χ1v) is 5.71. The van der Waals surface area contributed by atoms with E-state index in [1.165, 1.54) is 0 Å². The normalized spacial score (nSPS) is 11.1. The maximum Gasteiger partial charge on any atom is 0.158 e. The molecule has 0 fully saturated rings. The lowest BCUT2D eigenvalue weighted by Gasteiger charge is -1.96. The second-order valence-corrected chi connectivity index (χ2v) is 4.45. The Bertz CT molecular complexity index is 477. The molecule has 0 atom stereocenters. The summed E-state index contributed by atoms with van der Waals surface area (Å²) in [4.78, 5) is 4.47. The zero-order valence-electron chi connectivity index (χ0n) is 8.57. The molecule has 2 heterocycles. The second-order valence-electron chi connectivity index (χ2n) is 3.53. The summed E-state index contributed by atoms with van der Waals surface area (Å²) in [6, 6.07) is 2.04. The molecule has 0 amide bonds. The molecule has 0 spiro atoms. The number of aromatic nitrogens is 3. The van der Waals surface area contributed by atoms with Crippen LogP contribution in [0.4, 0.5) is 0 Å². The number of aryl methyl sites for hydroxylation is 2. The van der Waals surface area contributed by atoms with E-state index in [9.17, 15) is 0 Å². The van der Waals surface area contributed by atoms with Gasteiger partial charge in [0.25, 0.3) is 0 Å². The largest absolute Gasteiger partial charge is 0.330 e. The minimum Gasteiger partial charge on any atom is -0.330 e. The quantitative estimate of drug-likeness (QED) is 0.922. The summed E-state index contributed by atoms with van der Waals surface area (Å²) in [5, 5.41) is 4.39. The first-order valence-electron chi connectivity index (χ1n) is 4.92. The predicted octanol–water partition coefficient (Wildman–Crippen LogP) is 1.69. The molecule has 2 N–H and O–H groups in total. The molecule has 80 valence electrons. The average molecular weight is 269 g/mol. The number of pyridine rings is 1. The van der Waals surface area contributed by atoms with Gasteiger partial charge in [-0.3, -0.25) is 0 Å². The number of rotatable bonds is 3. The van der Waals surface area contributed by atoms with Crippen molar-refractivity contribution in [1.29, 1.82) is 0 Å². The second kappa shape index (κ2) is 4.28. The molecule has 0 bridgehead atoms. The Hall–Kier alpha value is -0.940. The number of fused-ring (bicyclic) bond motifs is 1. The van der Waals surface area contributed by atoms with Crippen LogP contribution in [0.15, 0.2) is 16.7 Å². The molecule has 15 heavy (non-hydrogen) atoms. The van der Waals surface area contributed by atoms with Crippen LogP contribution in [-0.4, -0.2) is 21.1 Å². The third-order valence-electron chi connectivity index (χ3n) is 2.23. The number of hydrogen-bond acceptors (Lipinski definition) is 3. The summed E-state index contributed by atoms with van der Waals surface area (Å²) < 4.78 is 2.83. The monoisotopic (exact) mass is 268 g/mol. The van der Waals surface area contributed by atoms with Crippen LogP contribution < -0.4 is 5.73 Å². The lowest BCUT2D eigenvalue weighted by Crippen LogP contribution is -2.01. The van der Waals surface area contributed by atoms with Crippen molar-refractivity contribution in [3.05, 3.63) is 28.1 Å². The topological polar surface area (TPSA) is 56.2 Å². The highest BCUT2D eigenvalue weighted by Gasteiger charge is 2.06. The molecule has 0 unspecified atom stereocenters. The van der Waals surface area contributed by atoms with Gasteiger partial charge >= 0.3 is 0 Å². The van der Waals surface area contributed by atoms with E-state index in [1.807, 2.05) is 23.7 Å². The van der Waals surface area contributed by atoms with Gasteiger partial charge in [0.2, 0.25) is 0 Å².